The maximum absolute atomic E-state index is 11.1. The molecule has 0 saturated heterocycles. The largest absolute Gasteiger partial charge is 1.00 e. The second kappa shape index (κ2) is 8.63. The first-order chi connectivity index (χ1) is 8.93. The monoisotopic (exact) mass is 287 g/mol. The number of hydrogen-bond donors (Lipinski definition) is 2. The molecule has 0 aliphatic carbocycles. The summed E-state index contributed by atoms with van der Waals surface area (Å²) in [4.78, 5) is 22.1. The molecule has 0 bridgehead atoms. The Labute approximate surface area is 138 Å². The minimum absolute atomic E-state index is 0. The molecule has 0 aliphatic rings. The Morgan fingerprint density at radius 2 is 1.90 bits per heavy atom. The maximum Gasteiger partial charge on any atom is 1.00 e. The van der Waals surface area contributed by atoms with Crippen LogP contribution in [0.4, 0.5) is 0 Å². The molecule has 1 rings (SSSR count). The van der Waals surface area contributed by atoms with Gasteiger partial charge in [-0.25, -0.2) is 4.79 Å². The van der Waals surface area contributed by atoms with Gasteiger partial charge in [0, 0.05) is 11.8 Å². The van der Waals surface area contributed by atoms with Crippen LogP contribution in [0.3, 0.4) is 0 Å². The number of carbonyl (C=O) groups excluding carboxylic acids is 2. The number of carbonyl (C=O) groups is 2. The Kier molecular flexibility index (Phi) is 7.98. The number of benzene rings is 1. The van der Waals surface area contributed by atoms with E-state index >= 15 is 0 Å². The molecule has 0 spiro atoms. The van der Waals surface area contributed by atoms with Gasteiger partial charge in [0.2, 0.25) is 0 Å². The molecule has 1 aromatic rings. The standard InChI is InChI=1S/C13H15NO5.Na/c1-8(7-11(16)19-2)14-12(13(17)18)9-3-5-10(15)6-4-9;/h3-7,12,14-15H,1-2H3,(H,17,18);/q;+1/p-1. The number of phenols is 1. The topological polar surface area (TPSA) is 98.7 Å². The predicted molar refractivity (Wildman–Crippen MR) is 64.8 cm³/mol. The first kappa shape index (κ1) is 18.5. The number of ether oxygens (including phenoxy) is 1. The summed E-state index contributed by atoms with van der Waals surface area (Å²) in [6, 6.07) is 4.52. The fraction of sp³-hybridized carbons (Fsp3) is 0.231. The van der Waals surface area contributed by atoms with Gasteiger partial charge in [-0.1, -0.05) is 12.1 Å². The number of carboxylic acid groups (broad SMARTS) is 1. The van der Waals surface area contributed by atoms with Gasteiger partial charge >= 0.3 is 35.5 Å². The molecule has 0 saturated carbocycles. The summed E-state index contributed by atoms with van der Waals surface area (Å²) >= 11 is 0. The van der Waals surface area contributed by atoms with Crippen molar-refractivity contribution in [3.05, 3.63) is 41.6 Å². The van der Waals surface area contributed by atoms with Crippen molar-refractivity contribution < 1.29 is 54.1 Å². The number of aliphatic carboxylic acids is 1. The first-order valence-corrected chi connectivity index (χ1v) is 5.46. The van der Waals surface area contributed by atoms with E-state index in [1.54, 1.807) is 0 Å². The summed E-state index contributed by atoms with van der Waals surface area (Å²) in [5.74, 6) is -1.90. The van der Waals surface area contributed by atoms with Crippen molar-refractivity contribution in [2.45, 2.75) is 13.0 Å². The third-order valence-corrected chi connectivity index (χ3v) is 2.37. The molecule has 0 aliphatic heterocycles. The SMILES string of the molecule is COC(=O)C=C(C)NC(C(=O)[O-])c1ccc(O)cc1.[Na+]. The van der Waals surface area contributed by atoms with Crippen molar-refractivity contribution in [2.24, 2.45) is 0 Å². The molecule has 20 heavy (non-hydrogen) atoms. The zero-order valence-corrected chi connectivity index (χ0v) is 13.5. The van der Waals surface area contributed by atoms with Crippen molar-refractivity contribution in [2.75, 3.05) is 7.11 Å². The van der Waals surface area contributed by atoms with Crippen LogP contribution in [0.15, 0.2) is 36.0 Å². The summed E-state index contributed by atoms with van der Waals surface area (Å²) in [7, 11) is 1.22. The van der Waals surface area contributed by atoms with Crippen LogP contribution in [0.2, 0.25) is 0 Å². The zero-order valence-electron chi connectivity index (χ0n) is 11.5. The Morgan fingerprint density at radius 1 is 1.35 bits per heavy atom. The van der Waals surface area contributed by atoms with E-state index < -0.39 is 18.0 Å². The van der Waals surface area contributed by atoms with Crippen LogP contribution in [0.25, 0.3) is 0 Å². The van der Waals surface area contributed by atoms with Gasteiger partial charge in [-0.2, -0.15) is 0 Å². The van der Waals surface area contributed by atoms with Gasteiger partial charge in [0.15, 0.2) is 0 Å². The smallest absolute Gasteiger partial charge is 0.548 e. The Balaban J connectivity index is 0.00000361. The molecule has 6 nitrogen and oxygen atoms in total. The van der Waals surface area contributed by atoms with E-state index in [9.17, 15) is 14.7 Å². The first-order valence-electron chi connectivity index (χ1n) is 5.46. The molecule has 7 heteroatoms. The van der Waals surface area contributed by atoms with Crippen LogP contribution in [0, 0.1) is 0 Å². The van der Waals surface area contributed by atoms with Gasteiger partial charge in [-0.05, 0) is 24.6 Å². The third-order valence-electron chi connectivity index (χ3n) is 2.37. The molecule has 2 N–H and O–H groups in total. The van der Waals surface area contributed by atoms with Crippen LogP contribution in [-0.2, 0) is 14.3 Å². The molecule has 0 heterocycles. The molecule has 0 radical (unpaired) electrons. The molecule has 1 unspecified atom stereocenters. The third kappa shape index (κ3) is 5.64. The number of phenolic OH excluding ortho intramolecular Hbond substituents is 1. The van der Waals surface area contributed by atoms with E-state index in [0.29, 0.717) is 11.3 Å². The normalized spacial score (nSPS) is 12.0. The van der Waals surface area contributed by atoms with Crippen LogP contribution in [-0.4, -0.2) is 24.2 Å². The van der Waals surface area contributed by atoms with Crippen molar-refractivity contribution in [1.82, 2.24) is 5.32 Å². The summed E-state index contributed by atoms with van der Waals surface area (Å²) in [5, 5.41) is 22.9. The fourth-order valence-corrected chi connectivity index (χ4v) is 1.45. The van der Waals surface area contributed by atoms with Crippen LogP contribution < -0.4 is 40.0 Å². The average Bonchev–Trinajstić information content (AvgIpc) is 2.36. The van der Waals surface area contributed by atoms with Crippen LogP contribution in [0.1, 0.15) is 18.5 Å². The molecule has 1 aromatic carbocycles. The fourth-order valence-electron chi connectivity index (χ4n) is 1.45. The van der Waals surface area contributed by atoms with Crippen molar-refractivity contribution in [3.8, 4) is 5.75 Å². The van der Waals surface area contributed by atoms with E-state index in [-0.39, 0.29) is 35.3 Å². The molecule has 102 valence electrons. The second-order valence-corrected chi connectivity index (χ2v) is 3.84. The number of allylic oxidation sites excluding steroid dienone is 1. The minimum atomic E-state index is -1.34. The number of esters is 1. The number of methoxy groups -OCH3 is 1. The number of rotatable bonds is 5. The van der Waals surface area contributed by atoms with Gasteiger partial charge in [0.05, 0.1) is 19.1 Å². The summed E-state index contributed by atoms with van der Waals surface area (Å²) in [6.07, 6.45) is 1.14. The summed E-state index contributed by atoms with van der Waals surface area (Å²) in [5.41, 5.74) is 0.726. The second-order valence-electron chi connectivity index (χ2n) is 3.84. The Morgan fingerprint density at radius 3 is 2.35 bits per heavy atom. The Bertz CT molecular complexity index is 498. The van der Waals surface area contributed by atoms with E-state index in [4.69, 9.17) is 5.11 Å². The predicted octanol–water partition coefficient (Wildman–Crippen LogP) is -3.15. The van der Waals surface area contributed by atoms with Crippen LogP contribution in [0.5, 0.6) is 5.75 Å². The van der Waals surface area contributed by atoms with E-state index in [0.717, 1.165) is 6.08 Å². The van der Waals surface area contributed by atoms with E-state index in [2.05, 4.69) is 10.1 Å². The maximum atomic E-state index is 11.1. The zero-order chi connectivity index (χ0) is 14.4. The van der Waals surface area contributed by atoms with E-state index in [1.807, 2.05) is 0 Å². The molecule has 1 atom stereocenters. The van der Waals surface area contributed by atoms with E-state index in [1.165, 1.54) is 38.3 Å². The Hall–Kier alpha value is -1.50. The summed E-state index contributed by atoms with van der Waals surface area (Å²) in [6.45, 7) is 1.53. The van der Waals surface area contributed by atoms with Gasteiger partial charge < -0.3 is 25.1 Å². The average molecular weight is 287 g/mol. The molecular weight excluding hydrogens is 273 g/mol. The molecular formula is C13H14NNaO5. The van der Waals surface area contributed by atoms with Crippen LogP contribution >= 0.6 is 0 Å². The number of nitrogens with one attached hydrogen (secondary N) is 1. The molecule has 0 aromatic heterocycles. The minimum Gasteiger partial charge on any atom is -0.548 e. The summed E-state index contributed by atoms with van der Waals surface area (Å²) < 4.78 is 4.43. The molecule has 0 fully saturated rings. The quantitative estimate of drug-likeness (QED) is 0.337. The number of carboxylic acids is 1. The van der Waals surface area contributed by atoms with Gasteiger partial charge in [0.25, 0.3) is 0 Å². The van der Waals surface area contributed by atoms with Crippen molar-refractivity contribution in [3.63, 3.8) is 0 Å². The number of aromatic hydroxyl groups is 1. The molecule has 0 amide bonds. The number of hydrogen-bond acceptors (Lipinski definition) is 6. The van der Waals surface area contributed by atoms with Crippen molar-refractivity contribution >= 4 is 11.9 Å². The van der Waals surface area contributed by atoms with Crippen molar-refractivity contribution in [1.29, 1.82) is 0 Å². The van der Waals surface area contributed by atoms with Gasteiger partial charge in [-0.15, -0.1) is 0 Å². The van der Waals surface area contributed by atoms with Gasteiger partial charge in [0.1, 0.15) is 5.75 Å². The van der Waals surface area contributed by atoms with Gasteiger partial charge in [-0.3, -0.25) is 0 Å².